The van der Waals surface area contributed by atoms with Crippen LogP contribution < -0.4 is 4.74 Å². The summed E-state index contributed by atoms with van der Waals surface area (Å²) in [6.07, 6.45) is 0.903. The van der Waals surface area contributed by atoms with Crippen molar-refractivity contribution in [2.75, 3.05) is 13.2 Å². The number of hydrogen-bond acceptors (Lipinski definition) is 7. The normalized spacial score (nSPS) is 24.3. The molecular weight excluding hydrogens is 411 g/mol. The highest BCUT2D eigenvalue weighted by atomic mass is 32.1. The first kappa shape index (κ1) is 21.5. The van der Waals surface area contributed by atoms with E-state index >= 15 is 0 Å². The zero-order valence-electron chi connectivity index (χ0n) is 15.3. The lowest BCUT2D eigenvalue weighted by Crippen LogP contribution is -2.51. The molecule has 0 spiro atoms. The first-order valence-electron chi connectivity index (χ1n) is 8.96. The van der Waals surface area contributed by atoms with Gasteiger partial charge in [0, 0.05) is 36.4 Å². The predicted octanol–water partition coefficient (Wildman–Crippen LogP) is 2.98. The van der Waals surface area contributed by atoms with Gasteiger partial charge in [0.05, 0.1) is 13.2 Å². The third-order valence-corrected chi connectivity index (χ3v) is 5.39. The monoisotopic (exact) mass is 431 g/mol. The lowest BCUT2D eigenvalue weighted by molar-refractivity contribution is -0.192. The third-order valence-electron chi connectivity index (χ3n) is 4.62. The van der Waals surface area contributed by atoms with Gasteiger partial charge in [-0.2, -0.15) is 13.2 Å². The molecule has 158 valence electrons. The van der Waals surface area contributed by atoms with Crippen LogP contribution in [0.15, 0.2) is 36.0 Å². The number of carboxylic acid groups (broad SMARTS) is 1. The highest BCUT2D eigenvalue weighted by molar-refractivity contribution is 7.09. The van der Waals surface area contributed by atoms with Crippen LogP contribution in [0.5, 0.6) is 5.88 Å². The van der Waals surface area contributed by atoms with Gasteiger partial charge in [-0.25, -0.2) is 14.8 Å². The maximum Gasteiger partial charge on any atom is 0.490 e. The molecule has 2 aromatic rings. The Labute approximate surface area is 169 Å². The number of carbonyl (C=O) groups is 1. The molecule has 11 heteroatoms. The van der Waals surface area contributed by atoms with Crippen molar-refractivity contribution in [2.45, 2.75) is 43.8 Å². The maximum atomic E-state index is 10.6. The number of rotatable bonds is 4. The van der Waals surface area contributed by atoms with Crippen molar-refractivity contribution in [3.05, 3.63) is 41.0 Å². The minimum absolute atomic E-state index is 0.0963. The van der Waals surface area contributed by atoms with Crippen molar-refractivity contribution in [3.63, 3.8) is 0 Å². The number of pyridine rings is 1. The number of hydrogen-bond donors (Lipinski definition) is 1. The molecule has 0 unspecified atom stereocenters. The van der Waals surface area contributed by atoms with Crippen molar-refractivity contribution >= 4 is 17.3 Å². The minimum Gasteiger partial charge on any atom is -0.475 e. The van der Waals surface area contributed by atoms with Gasteiger partial charge in [-0.05, 0) is 18.9 Å². The Kier molecular flexibility index (Phi) is 7.04. The molecule has 2 fully saturated rings. The van der Waals surface area contributed by atoms with Crippen molar-refractivity contribution in [2.24, 2.45) is 0 Å². The summed E-state index contributed by atoms with van der Waals surface area (Å²) in [5.74, 6) is -2.07. The Balaban J connectivity index is 0.000000298. The molecule has 0 bridgehead atoms. The Hall–Kier alpha value is -2.24. The second-order valence-electron chi connectivity index (χ2n) is 6.50. The predicted molar refractivity (Wildman–Crippen MR) is 97.6 cm³/mol. The quantitative estimate of drug-likeness (QED) is 0.797. The average molecular weight is 431 g/mol. The van der Waals surface area contributed by atoms with Gasteiger partial charge in [0.1, 0.15) is 17.2 Å². The summed E-state index contributed by atoms with van der Waals surface area (Å²) < 4.78 is 43.8. The molecule has 1 saturated carbocycles. The number of aliphatic carboxylic acids is 1. The van der Waals surface area contributed by atoms with Crippen LogP contribution in [0.1, 0.15) is 17.8 Å². The Morgan fingerprint density at radius 2 is 2.10 bits per heavy atom. The molecule has 1 aliphatic carbocycles. The van der Waals surface area contributed by atoms with Crippen molar-refractivity contribution in [1.82, 2.24) is 14.9 Å². The molecule has 3 atom stereocenters. The number of nitrogens with zero attached hydrogens (tertiary/aromatic N) is 3. The summed E-state index contributed by atoms with van der Waals surface area (Å²) in [6.45, 7) is 2.64. The molecule has 2 aromatic heterocycles. The van der Waals surface area contributed by atoms with E-state index in [2.05, 4.69) is 14.9 Å². The van der Waals surface area contributed by atoms with E-state index in [4.69, 9.17) is 19.4 Å². The summed E-state index contributed by atoms with van der Waals surface area (Å²) >= 11 is 1.72. The Morgan fingerprint density at radius 1 is 1.31 bits per heavy atom. The highest BCUT2D eigenvalue weighted by Crippen LogP contribution is 2.33. The van der Waals surface area contributed by atoms with Gasteiger partial charge in [-0.3, -0.25) is 4.90 Å². The van der Waals surface area contributed by atoms with Gasteiger partial charge < -0.3 is 14.6 Å². The van der Waals surface area contributed by atoms with Crippen LogP contribution in [-0.2, 0) is 16.1 Å². The minimum atomic E-state index is -5.08. The topological polar surface area (TPSA) is 84.8 Å². The zero-order valence-corrected chi connectivity index (χ0v) is 16.1. The molecule has 7 nitrogen and oxygen atoms in total. The fourth-order valence-corrected chi connectivity index (χ4v) is 4.03. The third kappa shape index (κ3) is 5.87. The van der Waals surface area contributed by atoms with E-state index in [1.807, 2.05) is 29.8 Å². The molecule has 0 radical (unpaired) electrons. The van der Waals surface area contributed by atoms with Gasteiger partial charge in [0.25, 0.3) is 0 Å². The van der Waals surface area contributed by atoms with E-state index in [-0.39, 0.29) is 12.2 Å². The standard InChI is InChI=1S/C16H19N3O2S.C2HF3O2/c1-2-6-17-14(3-1)21-13-5-4-12-16(13)20-9-8-19(12)11-15-18-7-10-22-15;3-2(4,5)1(6)7/h1-3,6-7,10,12-13,16H,4-5,8-9,11H2;(H,6,7)/t12-,13+,16+;/m0./s1. The second-order valence-corrected chi connectivity index (χ2v) is 7.48. The van der Waals surface area contributed by atoms with Crippen LogP contribution in [0.4, 0.5) is 13.2 Å². The number of fused-ring (bicyclic) bond motifs is 1. The molecule has 0 amide bonds. The average Bonchev–Trinajstić information content (AvgIpc) is 3.33. The van der Waals surface area contributed by atoms with Crippen LogP contribution >= 0.6 is 11.3 Å². The first-order valence-corrected chi connectivity index (χ1v) is 9.84. The van der Waals surface area contributed by atoms with Crippen LogP contribution in [-0.4, -0.2) is 63.5 Å². The fraction of sp³-hybridized carbons (Fsp3) is 0.500. The van der Waals surface area contributed by atoms with E-state index in [1.165, 1.54) is 5.01 Å². The summed E-state index contributed by atoms with van der Waals surface area (Å²) in [7, 11) is 0. The Morgan fingerprint density at radius 3 is 2.72 bits per heavy atom. The van der Waals surface area contributed by atoms with Crippen LogP contribution in [0.25, 0.3) is 0 Å². The highest BCUT2D eigenvalue weighted by Gasteiger charge is 2.44. The smallest absolute Gasteiger partial charge is 0.475 e. The van der Waals surface area contributed by atoms with Crippen LogP contribution in [0.3, 0.4) is 0 Å². The second kappa shape index (κ2) is 9.51. The lowest BCUT2D eigenvalue weighted by Gasteiger charge is -2.38. The molecule has 3 heterocycles. The number of carboxylic acids is 1. The molecule has 1 N–H and O–H groups in total. The molecule has 1 saturated heterocycles. The number of alkyl halides is 3. The largest absolute Gasteiger partial charge is 0.490 e. The van der Waals surface area contributed by atoms with E-state index < -0.39 is 12.1 Å². The molecule has 29 heavy (non-hydrogen) atoms. The van der Waals surface area contributed by atoms with Gasteiger partial charge in [0.2, 0.25) is 5.88 Å². The van der Waals surface area contributed by atoms with Gasteiger partial charge in [-0.15, -0.1) is 11.3 Å². The van der Waals surface area contributed by atoms with E-state index in [0.717, 1.165) is 32.5 Å². The summed E-state index contributed by atoms with van der Waals surface area (Å²) in [5.41, 5.74) is 0. The lowest BCUT2D eigenvalue weighted by atomic mass is 10.1. The van der Waals surface area contributed by atoms with Crippen LogP contribution in [0, 0.1) is 0 Å². The fourth-order valence-electron chi connectivity index (χ4n) is 3.39. The number of aromatic nitrogens is 2. The maximum absolute atomic E-state index is 10.6. The number of halogens is 3. The van der Waals surface area contributed by atoms with Crippen molar-refractivity contribution in [1.29, 1.82) is 0 Å². The molecule has 1 aliphatic heterocycles. The summed E-state index contributed by atoms with van der Waals surface area (Å²) in [4.78, 5) is 20.1. The molecule has 0 aromatic carbocycles. The molecular formula is C18H20F3N3O4S. The molecule has 4 rings (SSSR count). The van der Waals surface area contributed by atoms with Gasteiger partial charge >= 0.3 is 12.1 Å². The first-order chi connectivity index (χ1) is 13.8. The van der Waals surface area contributed by atoms with E-state index in [1.54, 1.807) is 17.5 Å². The van der Waals surface area contributed by atoms with Crippen molar-refractivity contribution in [3.8, 4) is 5.88 Å². The van der Waals surface area contributed by atoms with E-state index in [9.17, 15) is 13.2 Å². The SMILES string of the molecule is O=C(O)C(F)(F)F.c1ccc(O[C@@H]2CC[C@H]3[C@H]2OCCN3Cc2nccs2)nc1. The number of ether oxygens (including phenoxy) is 2. The Bertz CT molecular complexity index is 776. The summed E-state index contributed by atoms with van der Waals surface area (Å²) in [5, 5.41) is 10.3. The van der Waals surface area contributed by atoms with Gasteiger partial charge in [0.15, 0.2) is 0 Å². The van der Waals surface area contributed by atoms with Crippen molar-refractivity contribution < 1.29 is 32.5 Å². The zero-order chi connectivity index (χ0) is 20.9. The number of morpholine rings is 1. The summed E-state index contributed by atoms with van der Waals surface area (Å²) in [6, 6.07) is 6.18. The van der Waals surface area contributed by atoms with E-state index in [0.29, 0.717) is 11.9 Å². The molecule has 2 aliphatic rings. The van der Waals surface area contributed by atoms with Gasteiger partial charge in [-0.1, -0.05) is 6.07 Å². The number of thiazole rings is 1. The van der Waals surface area contributed by atoms with Crippen LogP contribution in [0.2, 0.25) is 0 Å².